The molecule has 0 radical (unpaired) electrons. The van der Waals surface area contributed by atoms with E-state index >= 15 is 0 Å². The van der Waals surface area contributed by atoms with Crippen molar-refractivity contribution in [1.29, 1.82) is 0 Å². The highest BCUT2D eigenvalue weighted by molar-refractivity contribution is 7.89. The normalized spacial score (nSPS) is 16.6. The molecule has 0 aliphatic carbocycles. The minimum absolute atomic E-state index is 0.146. The van der Waals surface area contributed by atoms with Crippen molar-refractivity contribution >= 4 is 27.7 Å². The Kier molecular flexibility index (Phi) is 6.96. The smallest absolute Gasteiger partial charge is 0.414 e. The van der Waals surface area contributed by atoms with Crippen LogP contribution in [0.5, 0.6) is 0 Å². The van der Waals surface area contributed by atoms with Crippen LogP contribution in [0, 0.1) is 11.8 Å². The fourth-order valence-electron chi connectivity index (χ4n) is 3.76. The molecule has 1 N–H and O–H groups in total. The van der Waals surface area contributed by atoms with Crippen LogP contribution in [0.15, 0.2) is 53.4 Å². The van der Waals surface area contributed by atoms with Crippen molar-refractivity contribution in [3.05, 3.63) is 59.7 Å². The predicted octanol–water partition coefficient (Wildman–Crippen LogP) is 2.60. The van der Waals surface area contributed by atoms with Crippen molar-refractivity contribution in [3.8, 4) is 11.8 Å². The van der Waals surface area contributed by atoms with Crippen molar-refractivity contribution in [2.24, 2.45) is 0 Å². The lowest BCUT2D eigenvalue weighted by atomic mass is 10.2. The lowest BCUT2D eigenvalue weighted by Gasteiger charge is -2.25. The zero-order valence-electron chi connectivity index (χ0n) is 18.1. The predicted molar refractivity (Wildman–Crippen MR) is 123 cm³/mol. The van der Waals surface area contributed by atoms with Crippen LogP contribution >= 0.6 is 0 Å². The molecule has 2 saturated heterocycles. The van der Waals surface area contributed by atoms with E-state index in [9.17, 15) is 18.0 Å². The van der Waals surface area contributed by atoms with Gasteiger partial charge in [0.1, 0.15) is 6.61 Å². The first-order chi connectivity index (χ1) is 15.9. The van der Waals surface area contributed by atoms with Gasteiger partial charge in [-0.1, -0.05) is 18.3 Å². The monoisotopic (exact) mass is 467 g/mol. The third kappa shape index (κ3) is 5.35. The molecular weight excluding hydrogens is 442 g/mol. The molecule has 0 aromatic heterocycles. The van der Waals surface area contributed by atoms with Crippen LogP contribution in [-0.2, 0) is 14.8 Å². The van der Waals surface area contributed by atoms with E-state index in [1.54, 1.807) is 29.2 Å². The van der Waals surface area contributed by atoms with Gasteiger partial charge in [0, 0.05) is 29.9 Å². The molecule has 2 heterocycles. The van der Waals surface area contributed by atoms with E-state index in [1.807, 2.05) is 0 Å². The molecule has 2 aliphatic heterocycles. The number of piperidine rings is 1. The molecule has 2 aromatic carbocycles. The zero-order valence-corrected chi connectivity index (χ0v) is 18.9. The second-order valence-electron chi connectivity index (χ2n) is 7.79. The van der Waals surface area contributed by atoms with E-state index in [1.165, 1.54) is 28.6 Å². The van der Waals surface area contributed by atoms with Gasteiger partial charge in [-0.3, -0.25) is 9.69 Å². The molecule has 2 amide bonds. The van der Waals surface area contributed by atoms with Crippen LogP contribution in [0.2, 0.25) is 0 Å². The summed E-state index contributed by atoms with van der Waals surface area (Å²) in [5.74, 6) is 5.53. The molecule has 0 unspecified atom stereocenters. The Morgan fingerprint density at radius 1 is 0.970 bits per heavy atom. The Bertz CT molecular complexity index is 1180. The third-order valence-corrected chi connectivity index (χ3v) is 7.49. The van der Waals surface area contributed by atoms with E-state index in [2.05, 4.69) is 17.2 Å². The fraction of sp³-hybridized carbons (Fsp3) is 0.333. The van der Waals surface area contributed by atoms with Crippen LogP contribution in [-0.4, -0.2) is 57.5 Å². The number of carbonyl (C=O) groups is 2. The van der Waals surface area contributed by atoms with Crippen molar-refractivity contribution in [3.63, 3.8) is 0 Å². The molecule has 8 nitrogen and oxygen atoms in total. The summed E-state index contributed by atoms with van der Waals surface area (Å²) in [5, 5.41) is 2.71. The number of sulfonamides is 1. The van der Waals surface area contributed by atoms with E-state index in [0.717, 1.165) is 30.5 Å². The number of rotatable bonds is 5. The number of benzene rings is 2. The Balaban J connectivity index is 1.30. The van der Waals surface area contributed by atoms with E-state index in [0.29, 0.717) is 31.8 Å². The summed E-state index contributed by atoms with van der Waals surface area (Å²) in [6.45, 7) is 2.14. The van der Waals surface area contributed by atoms with Crippen LogP contribution in [0.3, 0.4) is 0 Å². The highest BCUT2D eigenvalue weighted by atomic mass is 32.2. The van der Waals surface area contributed by atoms with Crippen LogP contribution in [0.25, 0.3) is 0 Å². The number of anilines is 1. The average molecular weight is 468 g/mol. The minimum Gasteiger partial charge on any atom is -0.447 e. The maximum atomic E-state index is 12.7. The highest BCUT2D eigenvalue weighted by Crippen LogP contribution is 2.21. The molecule has 2 fully saturated rings. The Hall–Kier alpha value is -3.35. The molecule has 2 aliphatic rings. The van der Waals surface area contributed by atoms with Gasteiger partial charge in [0.05, 0.1) is 18.0 Å². The summed E-state index contributed by atoms with van der Waals surface area (Å²) in [5.41, 5.74) is 1.88. The quantitative estimate of drug-likeness (QED) is 0.682. The second kappa shape index (κ2) is 10.1. The van der Waals surface area contributed by atoms with Crippen LogP contribution in [0.1, 0.15) is 35.2 Å². The third-order valence-electron chi connectivity index (χ3n) is 5.58. The van der Waals surface area contributed by atoms with E-state index in [4.69, 9.17) is 4.74 Å². The van der Waals surface area contributed by atoms with E-state index in [-0.39, 0.29) is 23.4 Å². The van der Waals surface area contributed by atoms with Gasteiger partial charge in [0.2, 0.25) is 10.0 Å². The number of hydrogen-bond acceptors (Lipinski definition) is 5. The first kappa shape index (κ1) is 22.8. The highest BCUT2D eigenvalue weighted by Gasteiger charge is 2.26. The molecule has 4 rings (SSSR count). The van der Waals surface area contributed by atoms with Gasteiger partial charge in [-0.15, -0.1) is 0 Å². The van der Waals surface area contributed by atoms with Gasteiger partial charge in [-0.2, -0.15) is 4.31 Å². The van der Waals surface area contributed by atoms with Crippen molar-refractivity contribution < 1.29 is 22.7 Å². The first-order valence-corrected chi connectivity index (χ1v) is 12.3. The van der Waals surface area contributed by atoms with Gasteiger partial charge in [-0.25, -0.2) is 13.2 Å². The molecule has 0 saturated carbocycles. The van der Waals surface area contributed by atoms with Crippen LogP contribution in [0.4, 0.5) is 10.5 Å². The molecular formula is C24H25N3O5S. The van der Waals surface area contributed by atoms with Gasteiger partial charge >= 0.3 is 6.09 Å². The Labute approximate surface area is 193 Å². The largest absolute Gasteiger partial charge is 0.447 e. The molecule has 0 spiro atoms. The summed E-state index contributed by atoms with van der Waals surface area (Å²) in [6, 6.07) is 13.2. The molecule has 172 valence electrons. The zero-order chi connectivity index (χ0) is 23.3. The summed E-state index contributed by atoms with van der Waals surface area (Å²) >= 11 is 0. The Morgan fingerprint density at radius 2 is 1.67 bits per heavy atom. The lowest BCUT2D eigenvalue weighted by molar-refractivity contribution is 0.0958. The standard InChI is InChI=1S/C24H25N3O5S/c28-23(20-8-12-22(13-9-20)33(30,31)26-15-2-1-3-16-26)25-14-4-5-19-6-10-21(11-7-19)27-17-18-32-24(27)29/h6-13H,1-3,14-18H2,(H,25,28). The number of nitrogens with one attached hydrogen (secondary N) is 1. The van der Waals surface area contributed by atoms with Crippen molar-refractivity contribution in [2.45, 2.75) is 24.2 Å². The molecule has 0 bridgehead atoms. The maximum absolute atomic E-state index is 12.7. The molecule has 9 heteroatoms. The number of hydrogen-bond donors (Lipinski definition) is 1. The summed E-state index contributed by atoms with van der Waals surface area (Å²) in [4.78, 5) is 25.7. The van der Waals surface area contributed by atoms with Crippen LogP contribution < -0.4 is 10.2 Å². The summed E-state index contributed by atoms with van der Waals surface area (Å²) in [6.07, 6.45) is 2.44. The number of nitrogens with zero attached hydrogens (tertiary/aromatic N) is 2. The first-order valence-electron chi connectivity index (χ1n) is 10.9. The molecule has 33 heavy (non-hydrogen) atoms. The number of cyclic esters (lactones) is 1. The number of carbonyl (C=O) groups excluding carboxylic acids is 2. The summed E-state index contributed by atoms with van der Waals surface area (Å²) < 4.78 is 31.8. The topological polar surface area (TPSA) is 96.0 Å². The number of amides is 2. The molecule has 0 atom stereocenters. The minimum atomic E-state index is -3.52. The fourth-order valence-corrected chi connectivity index (χ4v) is 5.28. The van der Waals surface area contributed by atoms with Crippen molar-refractivity contribution in [2.75, 3.05) is 37.7 Å². The van der Waals surface area contributed by atoms with Crippen molar-refractivity contribution in [1.82, 2.24) is 9.62 Å². The van der Waals surface area contributed by atoms with E-state index < -0.39 is 10.0 Å². The average Bonchev–Trinajstić information content (AvgIpc) is 3.28. The van der Waals surface area contributed by atoms with Gasteiger partial charge in [0.25, 0.3) is 5.91 Å². The lowest BCUT2D eigenvalue weighted by Crippen LogP contribution is -2.35. The molecule has 2 aromatic rings. The van der Waals surface area contributed by atoms with Gasteiger partial charge in [-0.05, 0) is 61.4 Å². The maximum Gasteiger partial charge on any atom is 0.414 e. The van der Waals surface area contributed by atoms with Gasteiger partial charge in [0.15, 0.2) is 0 Å². The SMILES string of the molecule is O=C(NCC#Cc1ccc(N2CCOC2=O)cc1)c1ccc(S(=O)(=O)N2CCCCC2)cc1. The summed E-state index contributed by atoms with van der Waals surface area (Å²) in [7, 11) is -3.52. The number of ether oxygens (including phenoxy) is 1. The Morgan fingerprint density at radius 3 is 2.30 bits per heavy atom. The van der Waals surface area contributed by atoms with Gasteiger partial charge < -0.3 is 10.1 Å². The second-order valence-corrected chi connectivity index (χ2v) is 9.72.